The lowest BCUT2D eigenvalue weighted by atomic mass is 10.0. The summed E-state index contributed by atoms with van der Waals surface area (Å²) in [5.41, 5.74) is 4.07. The van der Waals surface area contributed by atoms with E-state index in [1.807, 2.05) is 46.9 Å². The molecule has 0 radical (unpaired) electrons. The number of aromatic nitrogens is 3. The van der Waals surface area contributed by atoms with Crippen LogP contribution in [0.1, 0.15) is 43.2 Å². The van der Waals surface area contributed by atoms with Gasteiger partial charge in [0.2, 0.25) is 0 Å². The Labute approximate surface area is 158 Å². The predicted octanol–water partition coefficient (Wildman–Crippen LogP) is 5.31. The minimum atomic E-state index is 0.0361. The van der Waals surface area contributed by atoms with E-state index in [0.29, 0.717) is 17.3 Å². The molecular formula is C20H23ClN4O. The van der Waals surface area contributed by atoms with Gasteiger partial charge in [-0.05, 0) is 24.6 Å². The average Bonchev–Trinajstić information content (AvgIpc) is 2.67. The van der Waals surface area contributed by atoms with Crippen LogP contribution in [0.4, 0.5) is 5.82 Å². The number of halogens is 1. The van der Waals surface area contributed by atoms with Gasteiger partial charge in [0, 0.05) is 48.4 Å². The highest BCUT2D eigenvalue weighted by molar-refractivity contribution is 6.30. The van der Waals surface area contributed by atoms with Crippen LogP contribution in [0.5, 0.6) is 0 Å². The fraction of sp³-hybridized carbons (Fsp3) is 0.300. The number of nitrogens with zero attached hydrogens (tertiary/aromatic N) is 3. The largest absolute Gasteiger partial charge is 0.373 e. The topological polar surface area (TPSA) is 67.8 Å². The number of anilines is 1. The monoisotopic (exact) mass is 370 g/mol. The van der Waals surface area contributed by atoms with Crippen LogP contribution in [0, 0.1) is 6.92 Å². The van der Waals surface area contributed by atoms with Crippen molar-refractivity contribution < 1.29 is 4.79 Å². The Kier molecular flexibility index (Phi) is 6.64. The van der Waals surface area contributed by atoms with Crippen molar-refractivity contribution in [1.29, 1.82) is 0 Å². The first-order valence-electron chi connectivity index (χ1n) is 8.67. The number of ketones is 1. The van der Waals surface area contributed by atoms with Gasteiger partial charge in [0.15, 0.2) is 5.78 Å². The number of carbonyl (C=O) groups is 1. The molecule has 3 aromatic rings. The summed E-state index contributed by atoms with van der Waals surface area (Å²) in [6.07, 6.45) is 3.87. The summed E-state index contributed by atoms with van der Waals surface area (Å²) in [5.74, 6) is 0.762. The highest BCUT2D eigenvalue weighted by Gasteiger charge is 2.14. The second-order valence-electron chi connectivity index (χ2n) is 5.50. The number of hydrogen-bond donors (Lipinski definition) is 1. The smallest absolute Gasteiger partial charge is 0.180 e. The fourth-order valence-electron chi connectivity index (χ4n) is 2.61. The fourth-order valence-corrected chi connectivity index (χ4v) is 2.76. The summed E-state index contributed by atoms with van der Waals surface area (Å²) >= 11 is 5.94. The van der Waals surface area contributed by atoms with Gasteiger partial charge in [-0.15, -0.1) is 0 Å². The van der Waals surface area contributed by atoms with Crippen LogP contribution in [0.2, 0.25) is 5.15 Å². The number of carbonyl (C=O) groups excluding carboxylic acids is 1. The maximum Gasteiger partial charge on any atom is 0.180 e. The van der Waals surface area contributed by atoms with Crippen molar-refractivity contribution in [3.63, 3.8) is 0 Å². The molecule has 6 heteroatoms. The third-order valence-corrected chi connectivity index (χ3v) is 4.12. The summed E-state index contributed by atoms with van der Waals surface area (Å²) < 4.78 is 0. The van der Waals surface area contributed by atoms with E-state index in [-0.39, 0.29) is 5.78 Å². The van der Waals surface area contributed by atoms with Crippen LogP contribution in [-0.4, -0.2) is 27.8 Å². The predicted molar refractivity (Wildman–Crippen MR) is 108 cm³/mol. The lowest BCUT2D eigenvalue weighted by molar-refractivity contribution is 0.0983. The van der Waals surface area contributed by atoms with Crippen molar-refractivity contribution in [2.75, 3.05) is 12.4 Å². The van der Waals surface area contributed by atoms with Gasteiger partial charge in [-0.2, -0.15) is 0 Å². The molecule has 0 aliphatic heterocycles. The zero-order chi connectivity index (χ0) is 19.3. The summed E-state index contributed by atoms with van der Waals surface area (Å²) in [6, 6.07) is 5.56. The Bertz CT molecular complexity index is 940. The Morgan fingerprint density at radius 2 is 1.85 bits per heavy atom. The third-order valence-electron chi connectivity index (χ3n) is 3.91. The Balaban J connectivity index is 0.00000117. The zero-order valence-corrected chi connectivity index (χ0v) is 16.5. The van der Waals surface area contributed by atoms with Crippen LogP contribution in [0.15, 0.2) is 30.6 Å². The van der Waals surface area contributed by atoms with Crippen LogP contribution in [0.25, 0.3) is 22.0 Å². The summed E-state index contributed by atoms with van der Waals surface area (Å²) in [4.78, 5) is 24.9. The van der Waals surface area contributed by atoms with E-state index < -0.39 is 0 Å². The third kappa shape index (κ3) is 3.99. The molecule has 0 aliphatic carbocycles. The number of pyridine rings is 3. The molecule has 3 heterocycles. The van der Waals surface area contributed by atoms with E-state index in [4.69, 9.17) is 11.6 Å². The van der Waals surface area contributed by atoms with Gasteiger partial charge in [-0.1, -0.05) is 32.4 Å². The van der Waals surface area contributed by atoms with Crippen LogP contribution in [-0.2, 0) is 0 Å². The standard InChI is InChI=1S/C18H17ClN4O.C2H6/c1-4-16(24)15-5-10(2)13(9-21-15)12-6-11-8-22-17(19)7-14(11)23-18(12)20-3;1-2/h5-9H,4H2,1-3H3,(H,20,23);1-2H3. The van der Waals surface area contributed by atoms with Gasteiger partial charge in [-0.3, -0.25) is 9.78 Å². The highest BCUT2D eigenvalue weighted by atomic mass is 35.5. The van der Waals surface area contributed by atoms with Crippen molar-refractivity contribution in [3.05, 3.63) is 47.0 Å². The molecule has 0 spiro atoms. The second kappa shape index (κ2) is 8.72. The zero-order valence-electron chi connectivity index (χ0n) is 15.7. The van der Waals surface area contributed by atoms with Gasteiger partial charge in [0.25, 0.3) is 0 Å². The molecule has 0 fully saturated rings. The Hall–Kier alpha value is -2.53. The van der Waals surface area contributed by atoms with Crippen molar-refractivity contribution >= 4 is 34.1 Å². The molecule has 0 unspecified atom stereocenters. The maximum atomic E-state index is 11.8. The molecule has 0 saturated heterocycles. The number of rotatable bonds is 4. The van der Waals surface area contributed by atoms with E-state index in [1.54, 1.807) is 18.5 Å². The number of fused-ring (bicyclic) bond motifs is 1. The van der Waals surface area contributed by atoms with E-state index in [1.165, 1.54) is 0 Å². The van der Waals surface area contributed by atoms with Crippen LogP contribution < -0.4 is 5.32 Å². The van der Waals surface area contributed by atoms with E-state index in [2.05, 4.69) is 20.3 Å². The molecule has 0 aromatic carbocycles. The van der Waals surface area contributed by atoms with E-state index >= 15 is 0 Å². The molecule has 26 heavy (non-hydrogen) atoms. The van der Waals surface area contributed by atoms with Crippen molar-refractivity contribution in [1.82, 2.24) is 15.0 Å². The van der Waals surface area contributed by atoms with Crippen molar-refractivity contribution in [3.8, 4) is 11.1 Å². The summed E-state index contributed by atoms with van der Waals surface area (Å²) in [5, 5.41) is 4.41. The van der Waals surface area contributed by atoms with Gasteiger partial charge in [0.05, 0.1) is 5.52 Å². The van der Waals surface area contributed by atoms with Crippen molar-refractivity contribution in [2.24, 2.45) is 0 Å². The minimum absolute atomic E-state index is 0.0361. The van der Waals surface area contributed by atoms with Gasteiger partial charge in [-0.25, -0.2) is 9.97 Å². The highest BCUT2D eigenvalue weighted by Crippen LogP contribution is 2.32. The molecule has 136 valence electrons. The number of Topliss-reactive ketones (excluding diaryl/α,β-unsaturated/α-hetero) is 1. The molecule has 0 atom stereocenters. The molecule has 0 aliphatic rings. The Morgan fingerprint density at radius 3 is 2.46 bits per heavy atom. The van der Waals surface area contributed by atoms with Gasteiger partial charge >= 0.3 is 0 Å². The maximum absolute atomic E-state index is 11.8. The van der Waals surface area contributed by atoms with Crippen molar-refractivity contribution in [2.45, 2.75) is 34.1 Å². The minimum Gasteiger partial charge on any atom is -0.373 e. The van der Waals surface area contributed by atoms with E-state index in [0.717, 1.165) is 33.4 Å². The Morgan fingerprint density at radius 1 is 1.12 bits per heavy atom. The van der Waals surface area contributed by atoms with Gasteiger partial charge in [0.1, 0.15) is 16.7 Å². The van der Waals surface area contributed by atoms with Gasteiger partial charge < -0.3 is 5.32 Å². The summed E-state index contributed by atoms with van der Waals surface area (Å²) in [6.45, 7) is 7.80. The SMILES string of the molecule is CC.CCC(=O)c1cc(C)c(-c2cc3cnc(Cl)cc3nc2NC)cn1. The lowest BCUT2D eigenvalue weighted by Crippen LogP contribution is -2.03. The second-order valence-corrected chi connectivity index (χ2v) is 5.88. The molecule has 0 bridgehead atoms. The number of hydrogen-bond acceptors (Lipinski definition) is 5. The summed E-state index contributed by atoms with van der Waals surface area (Å²) in [7, 11) is 1.82. The first-order valence-corrected chi connectivity index (χ1v) is 9.05. The lowest BCUT2D eigenvalue weighted by Gasteiger charge is -2.13. The number of aryl methyl sites for hydroxylation is 1. The quantitative estimate of drug-likeness (QED) is 0.497. The molecule has 3 aromatic heterocycles. The van der Waals surface area contributed by atoms with Crippen LogP contribution in [0.3, 0.4) is 0 Å². The first kappa shape index (κ1) is 19.8. The molecule has 0 amide bonds. The first-order chi connectivity index (χ1) is 12.5. The molecule has 3 rings (SSSR count). The molecule has 1 N–H and O–H groups in total. The molecule has 5 nitrogen and oxygen atoms in total. The van der Waals surface area contributed by atoms with Crippen LogP contribution >= 0.6 is 11.6 Å². The molecular weight excluding hydrogens is 348 g/mol. The number of nitrogens with one attached hydrogen (secondary N) is 1. The molecule has 0 saturated carbocycles. The average molecular weight is 371 g/mol. The normalized spacial score (nSPS) is 10.2. The van der Waals surface area contributed by atoms with E-state index in [9.17, 15) is 4.79 Å².